The fraction of sp³-hybridized carbons (Fsp3) is 0.412. The standard InChI is InChI=1S/C31H41N3O.3CHO.Re/c35-31-16-7-6-14-29(31)25-34(26-30-15-8-9-19-32-30)21-11-2-1-10-20-33-22-17-28(18-23-33)24-27-12-4-3-5-13-27;3*1-2;/h3-9,12-16,19,28,35H,1-2,10-11,17-18,20-26H2;3*1H;/q;3*-1;. The van der Waals surface area contributed by atoms with Gasteiger partial charge in [-0.3, -0.25) is 30.3 Å². The molecule has 0 atom stereocenters. The molecule has 229 valence electrons. The van der Waals surface area contributed by atoms with Gasteiger partial charge in [-0.05, 0) is 88.0 Å². The summed E-state index contributed by atoms with van der Waals surface area (Å²) in [4.78, 5) is 32.8. The van der Waals surface area contributed by atoms with E-state index in [1.165, 1.54) is 70.1 Å². The minimum Gasteiger partial charge on any atom is -0.545 e. The molecule has 4 rings (SSSR count). The first-order valence-electron chi connectivity index (χ1n) is 14.1. The van der Waals surface area contributed by atoms with Crippen LogP contribution in [0, 0.1) is 5.92 Å². The molecule has 1 radical (unpaired) electrons. The molecule has 8 heteroatoms. The van der Waals surface area contributed by atoms with Gasteiger partial charge in [0.05, 0.1) is 5.69 Å². The van der Waals surface area contributed by atoms with Crippen LogP contribution >= 0.6 is 0 Å². The molecule has 7 nitrogen and oxygen atoms in total. The van der Waals surface area contributed by atoms with Crippen molar-refractivity contribution in [1.82, 2.24) is 14.8 Å². The normalized spacial score (nSPS) is 12.8. The van der Waals surface area contributed by atoms with Gasteiger partial charge >= 0.3 is 0 Å². The van der Waals surface area contributed by atoms with Crippen LogP contribution in [0.3, 0.4) is 0 Å². The second kappa shape index (κ2) is 25.7. The molecule has 0 amide bonds. The van der Waals surface area contributed by atoms with Crippen molar-refractivity contribution in [3.05, 3.63) is 95.8 Å². The Labute approximate surface area is 266 Å². The maximum atomic E-state index is 10.2. The summed E-state index contributed by atoms with van der Waals surface area (Å²) >= 11 is 0. The molecule has 0 saturated carbocycles. The van der Waals surface area contributed by atoms with Gasteiger partial charge in [-0.2, -0.15) is 0 Å². The third kappa shape index (κ3) is 15.8. The van der Waals surface area contributed by atoms with E-state index in [1.807, 2.05) is 36.5 Å². The number of aromatic hydroxyl groups is 1. The van der Waals surface area contributed by atoms with Crippen molar-refractivity contribution in [2.24, 2.45) is 5.92 Å². The Morgan fingerprint density at radius 1 is 0.762 bits per heavy atom. The van der Waals surface area contributed by atoms with Crippen molar-refractivity contribution >= 4 is 20.4 Å². The van der Waals surface area contributed by atoms with E-state index in [0.717, 1.165) is 36.8 Å². The summed E-state index contributed by atoms with van der Waals surface area (Å²) in [6, 6.07) is 24.7. The fourth-order valence-corrected chi connectivity index (χ4v) is 5.21. The van der Waals surface area contributed by atoms with Crippen molar-refractivity contribution in [1.29, 1.82) is 0 Å². The third-order valence-corrected chi connectivity index (χ3v) is 7.27. The molecule has 0 spiro atoms. The fourth-order valence-electron chi connectivity index (χ4n) is 5.21. The van der Waals surface area contributed by atoms with E-state index in [2.05, 4.69) is 71.5 Å². The van der Waals surface area contributed by atoms with Crippen LogP contribution in [0.4, 0.5) is 0 Å². The van der Waals surface area contributed by atoms with Gasteiger partial charge in [-0.25, -0.2) is 0 Å². The molecule has 42 heavy (non-hydrogen) atoms. The maximum Gasteiger partial charge on any atom is 0.120 e. The summed E-state index contributed by atoms with van der Waals surface area (Å²) in [5.74, 6) is 1.23. The molecule has 0 unspecified atom stereocenters. The van der Waals surface area contributed by atoms with Crippen LogP contribution in [-0.4, -0.2) is 66.4 Å². The molecule has 1 N–H and O–H groups in total. The summed E-state index contributed by atoms with van der Waals surface area (Å²) in [6.45, 7) is 16.1. The number of phenolic OH excluding ortho intramolecular Hbond substituents is 1. The van der Waals surface area contributed by atoms with Crippen LogP contribution in [0.15, 0.2) is 79.0 Å². The van der Waals surface area contributed by atoms with Gasteiger partial charge in [-0.1, -0.05) is 67.4 Å². The van der Waals surface area contributed by atoms with Gasteiger partial charge in [0.25, 0.3) is 0 Å². The number of likely N-dealkylation sites (tertiary alicyclic amines) is 1. The number of unbranched alkanes of at least 4 members (excludes halogenated alkanes) is 3. The van der Waals surface area contributed by atoms with Crippen LogP contribution in [0.25, 0.3) is 0 Å². The van der Waals surface area contributed by atoms with Crippen LogP contribution < -0.4 is 0 Å². The number of aromatic nitrogens is 1. The molecular weight excluding hydrogens is 701 g/mol. The Kier molecular flexibility index (Phi) is 23.8. The quantitative estimate of drug-likeness (QED) is 0.141. The van der Waals surface area contributed by atoms with Crippen LogP contribution in [0.2, 0.25) is 0 Å². The first-order chi connectivity index (χ1) is 20.3. The zero-order valence-corrected chi connectivity index (χ0v) is 27.1. The Morgan fingerprint density at radius 3 is 2.02 bits per heavy atom. The van der Waals surface area contributed by atoms with E-state index >= 15 is 0 Å². The Hall–Kier alpha value is -3.02. The predicted molar refractivity (Wildman–Crippen MR) is 164 cm³/mol. The number of phenols is 1. The van der Waals surface area contributed by atoms with Crippen molar-refractivity contribution in [2.45, 2.75) is 58.0 Å². The van der Waals surface area contributed by atoms with E-state index < -0.39 is 0 Å². The number of benzene rings is 2. The van der Waals surface area contributed by atoms with E-state index in [4.69, 9.17) is 14.4 Å². The largest absolute Gasteiger partial charge is 0.545 e. The molecule has 1 aliphatic rings. The predicted octanol–water partition coefficient (Wildman–Crippen LogP) is 5.48. The number of nitrogens with zero attached hydrogens (tertiary/aromatic N) is 3. The SMILES string of the molecule is Oc1ccccc1CN(CCCCCCN1CCC(Cc2ccccc2)CC1)Cc1ccccn1.[CH-]=O.[CH-]=O.[CH-]=O.[Re]. The van der Waals surface area contributed by atoms with Gasteiger partial charge < -0.3 is 24.4 Å². The minimum atomic E-state index is 0. The molecule has 1 aliphatic heterocycles. The summed E-state index contributed by atoms with van der Waals surface area (Å²) in [7, 11) is 0. The third-order valence-electron chi connectivity index (χ3n) is 7.27. The smallest absolute Gasteiger partial charge is 0.120 e. The molecule has 0 aliphatic carbocycles. The molecule has 1 saturated heterocycles. The molecule has 1 fully saturated rings. The zero-order valence-electron chi connectivity index (χ0n) is 24.4. The second-order valence-electron chi connectivity index (χ2n) is 10.0. The van der Waals surface area contributed by atoms with Crippen LogP contribution in [0.1, 0.15) is 55.3 Å². The van der Waals surface area contributed by atoms with E-state index in [1.54, 1.807) is 6.07 Å². The number of para-hydroxylation sites is 1. The van der Waals surface area contributed by atoms with E-state index in [-0.39, 0.29) is 20.4 Å². The Balaban J connectivity index is 0.00000226. The monoisotopic (exact) mass is 745 g/mol. The van der Waals surface area contributed by atoms with Gasteiger partial charge in [0.2, 0.25) is 0 Å². The first kappa shape index (κ1) is 39.0. The number of piperidine rings is 1. The summed E-state index contributed by atoms with van der Waals surface area (Å²) in [5, 5.41) is 10.2. The maximum absolute atomic E-state index is 10.2. The van der Waals surface area contributed by atoms with Gasteiger partial charge in [-0.15, -0.1) is 0 Å². The number of rotatable bonds is 13. The summed E-state index contributed by atoms with van der Waals surface area (Å²) in [5.41, 5.74) is 3.56. The van der Waals surface area contributed by atoms with Crippen molar-refractivity contribution in [3.63, 3.8) is 0 Å². The number of carbonyl (C=O) groups excluding carboxylic acids is 3. The number of hydrogen-bond acceptors (Lipinski definition) is 7. The molecule has 3 aromatic rings. The molecule has 1 aromatic heterocycles. The average Bonchev–Trinajstić information content (AvgIpc) is 3.04. The zero-order chi connectivity index (χ0) is 30.1. The van der Waals surface area contributed by atoms with E-state index in [9.17, 15) is 5.11 Å². The van der Waals surface area contributed by atoms with Gasteiger partial charge in [0.15, 0.2) is 0 Å². The van der Waals surface area contributed by atoms with Gasteiger partial charge in [0.1, 0.15) is 5.75 Å². The average molecular weight is 745 g/mol. The van der Waals surface area contributed by atoms with Gasteiger partial charge in [0, 0.05) is 45.3 Å². The van der Waals surface area contributed by atoms with E-state index in [0.29, 0.717) is 5.75 Å². The minimum absolute atomic E-state index is 0. The van der Waals surface area contributed by atoms with Crippen molar-refractivity contribution < 1.29 is 39.9 Å². The molecule has 0 bridgehead atoms. The summed E-state index contributed by atoms with van der Waals surface area (Å²) in [6.07, 6.45) is 10.8. The van der Waals surface area contributed by atoms with Crippen molar-refractivity contribution in [2.75, 3.05) is 26.2 Å². The second-order valence-corrected chi connectivity index (χ2v) is 10.0. The van der Waals surface area contributed by atoms with Crippen LogP contribution in [-0.2, 0) is 54.3 Å². The summed E-state index contributed by atoms with van der Waals surface area (Å²) < 4.78 is 0. The molecule has 2 aromatic carbocycles. The van der Waals surface area contributed by atoms with Crippen molar-refractivity contribution in [3.8, 4) is 5.75 Å². The topological polar surface area (TPSA) is 90.8 Å². The molecular formula is C34H44N3O4Re-3. The number of hydrogen-bond donors (Lipinski definition) is 1. The first-order valence-corrected chi connectivity index (χ1v) is 14.1. The Morgan fingerprint density at radius 2 is 1.38 bits per heavy atom. The Bertz CT molecular complexity index is 1030. The van der Waals surface area contributed by atoms with Crippen LogP contribution in [0.5, 0.6) is 5.75 Å². The number of pyridine rings is 1. The molecule has 2 heterocycles.